The second kappa shape index (κ2) is 5.12. The van der Waals surface area contributed by atoms with Crippen LogP contribution in [0.2, 0.25) is 0 Å². The van der Waals surface area contributed by atoms with Crippen molar-refractivity contribution in [2.75, 3.05) is 13.7 Å². The number of halogens is 2. The molecule has 0 spiro atoms. The summed E-state index contributed by atoms with van der Waals surface area (Å²) in [6, 6.07) is 1.99. The fraction of sp³-hybridized carbons (Fsp3) is 0.400. The molecule has 4 nitrogen and oxygen atoms in total. The van der Waals surface area contributed by atoms with Gasteiger partial charge in [0.1, 0.15) is 5.82 Å². The molecular formula is C10H11BrClN3O. The molecule has 86 valence electrons. The number of imidazole rings is 1. The Labute approximate surface area is 107 Å². The van der Waals surface area contributed by atoms with Gasteiger partial charge in [-0.2, -0.15) is 0 Å². The Hall–Kier alpha value is -0.650. The number of methoxy groups -OCH3 is 1. The maximum atomic E-state index is 5.86. The second-order valence-electron chi connectivity index (χ2n) is 3.30. The highest BCUT2D eigenvalue weighted by molar-refractivity contribution is 9.10. The number of aromatic nitrogens is 3. The Morgan fingerprint density at radius 2 is 2.38 bits per heavy atom. The fourth-order valence-corrected chi connectivity index (χ4v) is 2.09. The van der Waals surface area contributed by atoms with Crippen LogP contribution in [0.5, 0.6) is 0 Å². The monoisotopic (exact) mass is 303 g/mol. The zero-order chi connectivity index (χ0) is 11.5. The van der Waals surface area contributed by atoms with Crippen molar-refractivity contribution in [3.8, 4) is 0 Å². The largest absolute Gasteiger partial charge is 0.383 e. The van der Waals surface area contributed by atoms with Gasteiger partial charge in [0, 0.05) is 24.3 Å². The maximum absolute atomic E-state index is 5.86. The normalized spacial score (nSPS) is 11.2. The maximum Gasteiger partial charge on any atom is 0.178 e. The van der Waals surface area contributed by atoms with Gasteiger partial charge in [-0.1, -0.05) is 0 Å². The second-order valence-corrected chi connectivity index (χ2v) is 4.49. The minimum atomic E-state index is 0.373. The number of fused-ring (bicyclic) bond motifs is 1. The minimum Gasteiger partial charge on any atom is -0.383 e. The van der Waals surface area contributed by atoms with Crippen molar-refractivity contribution in [2.24, 2.45) is 0 Å². The zero-order valence-electron chi connectivity index (χ0n) is 8.78. The highest BCUT2D eigenvalue weighted by Crippen LogP contribution is 2.19. The van der Waals surface area contributed by atoms with Gasteiger partial charge in [-0.25, -0.2) is 9.97 Å². The molecule has 0 aliphatic carbocycles. The summed E-state index contributed by atoms with van der Waals surface area (Å²) in [6.45, 7) is 1.36. The molecule has 0 N–H and O–H groups in total. The summed E-state index contributed by atoms with van der Waals surface area (Å²) in [5, 5.41) is 0. The molecule has 0 aliphatic rings. The predicted molar refractivity (Wildman–Crippen MR) is 66.7 cm³/mol. The van der Waals surface area contributed by atoms with E-state index < -0.39 is 0 Å². The molecule has 2 rings (SSSR count). The lowest BCUT2D eigenvalue weighted by atomic mass is 10.4. The van der Waals surface area contributed by atoms with Gasteiger partial charge in [0.2, 0.25) is 0 Å². The van der Waals surface area contributed by atoms with Crippen LogP contribution in [-0.2, 0) is 17.2 Å². The Morgan fingerprint density at radius 1 is 1.56 bits per heavy atom. The lowest BCUT2D eigenvalue weighted by Gasteiger charge is -2.06. The van der Waals surface area contributed by atoms with Crippen LogP contribution in [0.3, 0.4) is 0 Å². The van der Waals surface area contributed by atoms with Crippen LogP contribution in [0.1, 0.15) is 5.82 Å². The zero-order valence-corrected chi connectivity index (χ0v) is 11.1. The number of pyridine rings is 1. The number of hydrogen-bond acceptors (Lipinski definition) is 3. The fourth-order valence-electron chi connectivity index (χ4n) is 1.56. The molecule has 0 saturated heterocycles. The molecule has 0 amide bonds. The summed E-state index contributed by atoms with van der Waals surface area (Å²) >= 11 is 9.26. The average molecular weight is 305 g/mol. The van der Waals surface area contributed by atoms with E-state index in [0.29, 0.717) is 12.5 Å². The average Bonchev–Trinajstić information content (AvgIpc) is 2.63. The highest BCUT2D eigenvalue weighted by atomic mass is 79.9. The van der Waals surface area contributed by atoms with E-state index in [1.54, 1.807) is 13.3 Å². The Balaban J connectivity index is 2.52. The lowest BCUT2D eigenvalue weighted by molar-refractivity contribution is 0.187. The molecule has 0 aromatic carbocycles. The van der Waals surface area contributed by atoms with E-state index in [-0.39, 0.29) is 0 Å². The molecule has 2 heterocycles. The predicted octanol–water partition coefficient (Wildman–Crippen LogP) is 2.58. The summed E-state index contributed by atoms with van der Waals surface area (Å²) in [5.41, 5.74) is 1.69. The molecule has 0 fully saturated rings. The summed E-state index contributed by atoms with van der Waals surface area (Å²) in [5.74, 6) is 1.19. The Bertz CT molecular complexity index is 500. The van der Waals surface area contributed by atoms with Crippen molar-refractivity contribution >= 4 is 38.7 Å². The molecule has 0 radical (unpaired) electrons. The first kappa shape index (κ1) is 11.8. The summed E-state index contributed by atoms with van der Waals surface area (Å²) in [6.07, 6.45) is 1.73. The molecule has 0 unspecified atom stereocenters. The van der Waals surface area contributed by atoms with Crippen LogP contribution < -0.4 is 0 Å². The third-order valence-corrected chi connectivity index (χ3v) is 2.96. The van der Waals surface area contributed by atoms with Crippen molar-refractivity contribution in [3.63, 3.8) is 0 Å². The van der Waals surface area contributed by atoms with Gasteiger partial charge in [-0.3, -0.25) is 0 Å². The topological polar surface area (TPSA) is 39.9 Å². The Morgan fingerprint density at radius 3 is 3.06 bits per heavy atom. The quantitative estimate of drug-likeness (QED) is 0.815. The molecule has 0 aliphatic heterocycles. The van der Waals surface area contributed by atoms with Crippen molar-refractivity contribution in [2.45, 2.75) is 12.4 Å². The third kappa shape index (κ3) is 2.21. The molecule has 0 saturated carbocycles. The molecule has 2 aromatic rings. The standard InChI is InChI=1S/C10H11BrClN3O/c1-16-3-2-15-8-4-7(11)6-13-10(8)14-9(15)5-12/h4,6H,2-3,5H2,1H3. The van der Waals surface area contributed by atoms with Crippen molar-refractivity contribution < 1.29 is 4.74 Å². The number of hydrogen-bond donors (Lipinski definition) is 0. The van der Waals surface area contributed by atoms with Gasteiger partial charge in [0.05, 0.1) is 18.0 Å². The smallest absolute Gasteiger partial charge is 0.178 e. The van der Waals surface area contributed by atoms with Gasteiger partial charge in [0.15, 0.2) is 5.65 Å². The van der Waals surface area contributed by atoms with Crippen molar-refractivity contribution in [1.82, 2.24) is 14.5 Å². The Kier molecular flexibility index (Phi) is 3.78. The first-order chi connectivity index (χ1) is 7.76. The molecule has 16 heavy (non-hydrogen) atoms. The van der Waals surface area contributed by atoms with Crippen molar-refractivity contribution in [1.29, 1.82) is 0 Å². The summed E-state index contributed by atoms with van der Waals surface area (Å²) < 4.78 is 8.03. The van der Waals surface area contributed by atoms with E-state index >= 15 is 0 Å². The van der Waals surface area contributed by atoms with E-state index in [0.717, 1.165) is 28.0 Å². The number of rotatable bonds is 4. The first-order valence-electron chi connectivity index (χ1n) is 4.82. The van der Waals surface area contributed by atoms with Crippen LogP contribution in [0, 0.1) is 0 Å². The van der Waals surface area contributed by atoms with E-state index in [1.165, 1.54) is 0 Å². The van der Waals surface area contributed by atoms with Crippen LogP contribution >= 0.6 is 27.5 Å². The van der Waals surface area contributed by atoms with Gasteiger partial charge in [0.25, 0.3) is 0 Å². The molecule has 2 aromatic heterocycles. The van der Waals surface area contributed by atoms with E-state index in [4.69, 9.17) is 16.3 Å². The molecule has 0 atom stereocenters. The van der Waals surface area contributed by atoms with Gasteiger partial charge in [-0.05, 0) is 22.0 Å². The van der Waals surface area contributed by atoms with Crippen LogP contribution in [0.15, 0.2) is 16.7 Å². The summed E-state index contributed by atoms with van der Waals surface area (Å²) in [7, 11) is 1.67. The lowest BCUT2D eigenvalue weighted by Crippen LogP contribution is -2.07. The SMILES string of the molecule is COCCn1c(CCl)nc2ncc(Br)cc21. The summed E-state index contributed by atoms with van der Waals surface area (Å²) in [4.78, 5) is 8.61. The number of alkyl halides is 1. The van der Waals surface area contributed by atoms with Crippen LogP contribution in [0.25, 0.3) is 11.2 Å². The van der Waals surface area contributed by atoms with E-state index in [9.17, 15) is 0 Å². The minimum absolute atomic E-state index is 0.373. The molecule has 6 heteroatoms. The molecule has 0 bridgehead atoms. The van der Waals surface area contributed by atoms with E-state index in [2.05, 4.69) is 25.9 Å². The highest BCUT2D eigenvalue weighted by Gasteiger charge is 2.10. The van der Waals surface area contributed by atoms with E-state index in [1.807, 2.05) is 10.6 Å². The molecular weight excluding hydrogens is 293 g/mol. The van der Waals surface area contributed by atoms with Crippen molar-refractivity contribution in [3.05, 3.63) is 22.6 Å². The van der Waals surface area contributed by atoms with Crippen LogP contribution in [-0.4, -0.2) is 28.3 Å². The van der Waals surface area contributed by atoms with Gasteiger partial charge >= 0.3 is 0 Å². The van der Waals surface area contributed by atoms with Gasteiger partial charge < -0.3 is 9.30 Å². The number of nitrogens with zero attached hydrogens (tertiary/aromatic N) is 3. The third-order valence-electron chi connectivity index (χ3n) is 2.29. The first-order valence-corrected chi connectivity index (χ1v) is 6.14. The number of ether oxygens (including phenoxy) is 1. The van der Waals surface area contributed by atoms with Crippen LogP contribution in [0.4, 0.5) is 0 Å². The van der Waals surface area contributed by atoms with Gasteiger partial charge in [-0.15, -0.1) is 11.6 Å².